The van der Waals surface area contributed by atoms with Gasteiger partial charge < -0.3 is 21.3 Å². The van der Waals surface area contributed by atoms with E-state index < -0.39 is 6.04 Å². The number of carbonyl (C=O) groups excluding carboxylic acids is 2. The molecule has 2 aliphatic rings. The van der Waals surface area contributed by atoms with Crippen molar-refractivity contribution in [3.63, 3.8) is 0 Å². The molecule has 1 aromatic carbocycles. The quantitative estimate of drug-likeness (QED) is 0.681. The van der Waals surface area contributed by atoms with Crippen molar-refractivity contribution < 1.29 is 9.59 Å². The van der Waals surface area contributed by atoms with Crippen molar-refractivity contribution in [1.82, 2.24) is 16.0 Å². The summed E-state index contributed by atoms with van der Waals surface area (Å²) in [6.07, 6.45) is 4.35. The summed E-state index contributed by atoms with van der Waals surface area (Å²) in [5.41, 5.74) is 0.701. The van der Waals surface area contributed by atoms with Crippen molar-refractivity contribution in [1.29, 1.82) is 0 Å². The number of hydrogen-bond donors (Lipinski definition) is 4. The van der Waals surface area contributed by atoms with Gasteiger partial charge in [0.1, 0.15) is 6.04 Å². The van der Waals surface area contributed by atoms with E-state index in [2.05, 4.69) is 21.3 Å². The summed E-state index contributed by atoms with van der Waals surface area (Å²) in [7, 11) is 0. The van der Waals surface area contributed by atoms with Crippen LogP contribution in [0.4, 0.5) is 10.5 Å². The number of rotatable bonds is 4. The normalized spacial score (nSPS) is 27.1. The largest absolute Gasteiger partial charge is 0.351 e. The van der Waals surface area contributed by atoms with Gasteiger partial charge in [0.15, 0.2) is 0 Å². The molecule has 3 atom stereocenters. The summed E-state index contributed by atoms with van der Waals surface area (Å²) >= 11 is 0. The SMILES string of the molecule is CC(NC(=O)Nc1ccccc1)C(=O)NC1CC2CCC(C1)N2. The molecule has 0 aromatic heterocycles. The van der Waals surface area contributed by atoms with Crippen LogP contribution in [-0.2, 0) is 4.79 Å². The Bertz CT molecular complexity index is 551. The van der Waals surface area contributed by atoms with Crippen molar-refractivity contribution in [2.75, 3.05) is 5.32 Å². The number of amides is 3. The number of piperidine rings is 1. The lowest BCUT2D eigenvalue weighted by Gasteiger charge is -2.30. The van der Waals surface area contributed by atoms with Crippen molar-refractivity contribution in [3.05, 3.63) is 30.3 Å². The Kier molecular flexibility index (Phi) is 4.81. The highest BCUT2D eigenvalue weighted by Crippen LogP contribution is 2.26. The first-order valence-electron chi connectivity index (χ1n) is 8.29. The molecule has 0 aliphatic carbocycles. The highest BCUT2D eigenvalue weighted by atomic mass is 16.2. The third kappa shape index (κ3) is 4.22. The van der Waals surface area contributed by atoms with Gasteiger partial charge in [0, 0.05) is 23.8 Å². The maximum atomic E-state index is 12.3. The van der Waals surface area contributed by atoms with Crippen LogP contribution in [-0.4, -0.2) is 36.1 Å². The van der Waals surface area contributed by atoms with Gasteiger partial charge in [-0.3, -0.25) is 4.79 Å². The Hall–Kier alpha value is -2.08. The van der Waals surface area contributed by atoms with Crippen molar-refractivity contribution in [3.8, 4) is 0 Å². The highest BCUT2D eigenvalue weighted by Gasteiger charge is 2.34. The van der Waals surface area contributed by atoms with E-state index in [1.165, 1.54) is 12.8 Å². The van der Waals surface area contributed by atoms with Crippen LogP contribution in [0, 0.1) is 0 Å². The molecule has 23 heavy (non-hydrogen) atoms. The van der Waals surface area contributed by atoms with Gasteiger partial charge in [-0.2, -0.15) is 0 Å². The standard InChI is InChI=1S/C17H24N4O2/c1-11(18-17(23)21-12-5-3-2-4-6-12)16(22)20-15-9-13-7-8-14(10-15)19-13/h2-6,11,13-15,19H,7-10H2,1H3,(H,20,22)(H2,18,21,23). The topological polar surface area (TPSA) is 82.3 Å². The zero-order chi connectivity index (χ0) is 16.2. The molecule has 2 heterocycles. The van der Waals surface area contributed by atoms with E-state index in [1.54, 1.807) is 19.1 Å². The van der Waals surface area contributed by atoms with Crippen LogP contribution in [0.1, 0.15) is 32.6 Å². The summed E-state index contributed by atoms with van der Waals surface area (Å²) in [4.78, 5) is 24.2. The average Bonchev–Trinajstić information content (AvgIpc) is 2.86. The van der Waals surface area contributed by atoms with E-state index in [0.717, 1.165) is 12.8 Å². The number of fused-ring (bicyclic) bond motifs is 2. The first-order valence-corrected chi connectivity index (χ1v) is 8.29. The summed E-state index contributed by atoms with van der Waals surface area (Å²) < 4.78 is 0. The molecule has 3 unspecified atom stereocenters. The summed E-state index contributed by atoms with van der Waals surface area (Å²) in [5, 5.41) is 12.0. The number of benzene rings is 1. The van der Waals surface area contributed by atoms with Crippen LogP contribution in [0.25, 0.3) is 0 Å². The Morgan fingerprint density at radius 3 is 2.43 bits per heavy atom. The Labute approximate surface area is 136 Å². The Morgan fingerprint density at radius 1 is 1.13 bits per heavy atom. The average molecular weight is 316 g/mol. The maximum absolute atomic E-state index is 12.3. The smallest absolute Gasteiger partial charge is 0.319 e. The third-order valence-electron chi connectivity index (χ3n) is 4.59. The number of carbonyl (C=O) groups is 2. The van der Waals surface area contributed by atoms with Crippen LogP contribution >= 0.6 is 0 Å². The van der Waals surface area contributed by atoms with E-state index in [9.17, 15) is 9.59 Å². The fourth-order valence-corrected chi connectivity index (χ4v) is 3.45. The number of nitrogens with one attached hydrogen (secondary N) is 4. The lowest BCUT2D eigenvalue weighted by molar-refractivity contribution is -0.123. The second kappa shape index (κ2) is 7.00. The minimum Gasteiger partial charge on any atom is -0.351 e. The van der Waals surface area contributed by atoms with Crippen LogP contribution in [0.15, 0.2) is 30.3 Å². The Morgan fingerprint density at radius 2 is 1.78 bits per heavy atom. The van der Waals surface area contributed by atoms with Gasteiger partial charge >= 0.3 is 6.03 Å². The summed E-state index contributed by atoms with van der Waals surface area (Å²) in [6.45, 7) is 1.70. The van der Waals surface area contributed by atoms with Gasteiger partial charge in [0.25, 0.3) is 0 Å². The highest BCUT2D eigenvalue weighted by molar-refractivity contribution is 5.93. The first kappa shape index (κ1) is 15.8. The van der Waals surface area contributed by atoms with Gasteiger partial charge in [-0.15, -0.1) is 0 Å². The molecule has 0 saturated carbocycles. The summed E-state index contributed by atoms with van der Waals surface area (Å²) in [5.74, 6) is -0.125. The van der Waals surface area contributed by atoms with Crippen molar-refractivity contribution in [2.45, 2.75) is 56.8 Å². The van der Waals surface area contributed by atoms with Gasteiger partial charge in [0.2, 0.25) is 5.91 Å². The molecule has 2 aliphatic heterocycles. The van der Waals surface area contributed by atoms with E-state index in [-0.39, 0.29) is 18.0 Å². The van der Waals surface area contributed by atoms with Crippen LogP contribution in [0.3, 0.4) is 0 Å². The van der Waals surface area contributed by atoms with Gasteiger partial charge in [-0.1, -0.05) is 18.2 Å². The van der Waals surface area contributed by atoms with Crippen LogP contribution in [0.5, 0.6) is 0 Å². The zero-order valence-electron chi connectivity index (χ0n) is 13.3. The fourth-order valence-electron chi connectivity index (χ4n) is 3.45. The molecular formula is C17H24N4O2. The van der Waals surface area contributed by atoms with Crippen LogP contribution < -0.4 is 21.3 Å². The minimum absolute atomic E-state index is 0.125. The molecule has 2 fully saturated rings. The zero-order valence-corrected chi connectivity index (χ0v) is 13.3. The Balaban J connectivity index is 1.45. The second-order valence-electron chi connectivity index (χ2n) is 6.50. The molecule has 3 rings (SSSR count). The molecule has 6 nitrogen and oxygen atoms in total. The second-order valence-corrected chi connectivity index (χ2v) is 6.50. The fraction of sp³-hybridized carbons (Fsp3) is 0.529. The van der Waals surface area contributed by atoms with Crippen LogP contribution in [0.2, 0.25) is 0 Å². The molecule has 3 amide bonds. The predicted octanol–water partition coefficient (Wildman–Crippen LogP) is 1.60. The maximum Gasteiger partial charge on any atom is 0.319 e. The molecule has 124 valence electrons. The molecule has 4 N–H and O–H groups in total. The van der Waals surface area contributed by atoms with E-state index >= 15 is 0 Å². The van der Waals surface area contributed by atoms with Gasteiger partial charge in [-0.05, 0) is 44.7 Å². The lowest BCUT2D eigenvalue weighted by atomic mass is 9.99. The number of hydrogen-bond acceptors (Lipinski definition) is 3. The number of anilines is 1. The molecular weight excluding hydrogens is 292 g/mol. The number of para-hydroxylation sites is 1. The van der Waals surface area contributed by atoms with Gasteiger partial charge in [0.05, 0.1) is 0 Å². The molecule has 0 spiro atoms. The monoisotopic (exact) mass is 316 g/mol. The van der Waals surface area contributed by atoms with E-state index in [4.69, 9.17) is 0 Å². The van der Waals surface area contributed by atoms with Gasteiger partial charge in [-0.25, -0.2) is 4.79 Å². The van der Waals surface area contributed by atoms with Crippen molar-refractivity contribution in [2.24, 2.45) is 0 Å². The summed E-state index contributed by atoms with van der Waals surface area (Å²) in [6, 6.07) is 9.51. The predicted molar refractivity (Wildman–Crippen MR) is 89.2 cm³/mol. The molecule has 2 saturated heterocycles. The minimum atomic E-state index is -0.564. The first-order chi connectivity index (χ1) is 11.1. The van der Waals surface area contributed by atoms with Crippen molar-refractivity contribution >= 4 is 17.6 Å². The number of urea groups is 1. The van der Waals surface area contributed by atoms with E-state index in [1.807, 2.05) is 18.2 Å². The van der Waals surface area contributed by atoms with E-state index in [0.29, 0.717) is 17.8 Å². The molecule has 2 bridgehead atoms. The third-order valence-corrected chi connectivity index (χ3v) is 4.59. The molecule has 6 heteroatoms. The molecule has 0 radical (unpaired) electrons. The molecule has 1 aromatic rings. The lowest BCUT2D eigenvalue weighted by Crippen LogP contribution is -2.53.